The highest BCUT2D eigenvalue weighted by Gasteiger charge is 2.10. The summed E-state index contributed by atoms with van der Waals surface area (Å²) in [5, 5.41) is 0. The van der Waals surface area contributed by atoms with Gasteiger partial charge < -0.3 is 0 Å². The lowest BCUT2D eigenvalue weighted by Crippen LogP contribution is -2.04. The first-order chi connectivity index (χ1) is 6.25. The number of carbonyl (C=O) groups is 1. The number of hydrogen-bond acceptors (Lipinski definition) is 1. The number of carbonyl (C=O) groups excluding carboxylic acids is 1. The molecular weight excluding hydrogens is 160 g/mol. The highest BCUT2D eigenvalue weighted by Crippen LogP contribution is 2.17. The molecule has 0 fully saturated rings. The van der Waals surface area contributed by atoms with Crippen LogP contribution in [0, 0.1) is 0 Å². The van der Waals surface area contributed by atoms with E-state index in [1.807, 2.05) is 6.08 Å². The van der Waals surface area contributed by atoms with Crippen LogP contribution in [0.5, 0.6) is 0 Å². The average molecular weight is 178 g/mol. The van der Waals surface area contributed by atoms with Crippen molar-refractivity contribution in [3.05, 3.63) is 23.3 Å². The summed E-state index contributed by atoms with van der Waals surface area (Å²) in [6.07, 6.45) is 9.17. The van der Waals surface area contributed by atoms with Crippen LogP contribution < -0.4 is 0 Å². The highest BCUT2D eigenvalue weighted by atomic mass is 16.1. The molecule has 0 saturated carbocycles. The lowest BCUT2D eigenvalue weighted by Gasteiger charge is -2.08. The Hall–Kier alpha value is -0.850. The van der Waals surface area contributed by atoms with E-state index in [1.54, 1.807) is 0 Å². The molecule has 72 valence electrons. The summed E-state index contributed by atoms with van der Waals surface area (Å²) in [6, 6.07) is 0. The van der Waals surface area contributed by atoms with E-state index in [0.717, 1.165) is 37.7 Å². The third-order valence-electron chi connectivity index (χ3n) is 2.60. The van der Waals surface area contributed by atoms with Crippen LogP contribution >= 0.6 is 0 Å². The van der Waals surface area contributed by atoms with Crippen LogP contribution in [0.25, 0.3) is 0 Å². The van der Waals surface area contributed by atoms with E-state index in [0.29, 0.717) is 5.78 Å². The fourth-order valence-corrected chi connectivity index (χ4v) is 1.55. The topological polar surface area (TPSA) is 17.1 Å². The monoisotopic (exact) mass is 178 g/mol. The first kappa shape index (κ1) is 10.2. The van der Waals surface area contributed by atoms with E-state index in [-0.39, 0.29) is 0 Å². The molecule has 0 aliphatic heterocycles. The summed E-state index contributed by atoms with van der Waals surface area (Å²) in [7, 11) is 0. The molecule has 0 aromatic heterocycles. The zero-order valence-electron chi connectivity index (χ0n) is 8.60. The van der Waals surface area contributed by atoms with Crippen molar-refractivity contribution in [1.82, 2.24) is 0 Å². The maximum Gasteiger partial charge on any atom is 0.162 e. The van der Waals surface area contributed by atoms with Crippen molar-refractivity contribution >= 4 is 5.78 Å². The van der Waals surface area contributed by atoms with Gasteiger partial charge >= 0.3 is 0 Å². The summed E-state index contributed by atoms with van der Waals surface area (Å²) >= 11 is 0. The second-order valence-corrected chi connectivity index (χ2v) is 3.62. The van der Waals surface area contributed by atoms with Crippen LogP contribution in [0.4, 0.5) is 0 Å². The molecule has 0 bridgehead atoms. The van der Waals surface area contributed by atoms with E-state index in [9.17, 15) is 4.79 Å². The molecule has 0 spiro atoms. The largest absolute Gasteiger partial charge is 0.294 e. The molecule has 1 aliphatic rings. The van der Waals surface area contributed by atoms with Gasteiger partial charge in [0, 0.05) is 12.0 Å². The van der Waals surface area contributed by atoms with Crippen molar-refractivity contribution in [2.75, 3.05) is 0 Å². The zero-order chi connectivity index (χ0) is 9.68. The number of allylic oxidation sites excluding steroid dienone is 4. The third kappa shape index (κ3) is 2.83. The normalized spacial score (nSPS) is 24.9. The lowest BCUT2D eigenvalue weighted by molar-refractivity contribution is -0.115. The van der Waals surface area contributed by atoms with Gasteiger partial charge in [-0.15, -0.1) is 0 Å². The number of Topliss-reactive ketones (excluding diaryl/α,β-unsaturated/α-hetero) is 1. The molecular formula is C12H18O. The van der Waals surface area contributed by atoms with Crippen LogP contribution in [0.3, 0.4) is 0 Å². The minimum atomic E-state index is 0.329. The second-order valence-electron chi connectivity index (χ2n) is 3.62. The lowest BCUT2D eigenvalue weighted by atomic mass is 9.96. The van der Waals surface area contributed by atoms with Crippen molar-refractivity contribution < 1.29 is 4.79 Å². The molecule has 0 aromatic carbocycles. The van der Waals surface area contributed by atoms with Gasteiger partial charge in [0.25, 0.3) is 0 Å². The molecule has 1 nitrogen and oxygen atoms in total. The van der Waals surface area contributed by atoms with Gasteiger partial charge in [-0.25, -0.2) is 0 Å². The Morgan fingerprint density at radius 1 is 1.46 bits per heavy atom. The predicted molar refractivity (Wildman–Crippen MR) is 55.6 cm³/mol. The van der Waals surface area contributed by atoms with Crippen LogP contribution in [-0.4, -0.2) is 5.78 Å². The smallest absolute Gasteiger partial charge is 0.162 e. The number of ketones is 1. The molecule has 1 heteroatoms. The van der Waals surface area contributed by atoms with Crippen molar-refractivity contribution in [3.8, 4) is 0 Å². The molecule has 1 rings (SSSR count). The first-order valence-electron chi connectivity index (χ1n) is 5.15. The van der Waals surface area contributed by atoms with Gasteiger partial charge in [0.1, 0.15) is 0 Å². The van der Waals surface area contributed by atoms with Gasteiger partial charge in [0.2, 0.25) is 0 Å². The van der Waals surface area contributed by atoms with Gasteiger partial charge in [0.15, 0.2) is 5.78 Å². The van der Waals surface area contributed by atoms with Gasteiger partial charge in [-0.05, 0) is 32.6 Å². The highest BCUT2D eigenvalue weighted by molar-refractivity contribution is 5.98. The van der Waals surface area contributed by atoms with Crippen LogP contribution in [0.2, 0.25) is 0 Å². The summed E-state index contributed by atoms with van der Waals surface area (Å²) in [5.74, 6) is 0.329. The van der Waals surface area contributed by atoms with Crippen molar-refractivity contribution in [3.63, 3.8) is 0 Å². The number of rotatable bonds is 1. The van der Waals surface area contributed by atoms with E-state index >= 15 is 0 Å². The zero-order valence-corrected chi connectivity index (χ0v) is 8.60. The minimum absolute atomic E-state index is 0.329. The molecule has 0 N–H and O–H groups in total. The number of hydrogen-bond donors (Lipinski definition) is 0. The summed E-state index contributed by atoms with van der Waals surface area (Å²) in [5.41, 5.74) is 2.19. The third-order valence-corrected chi connectivity index (χ3v) is 2.60. The molecule has 0 heterocycles. The molecule has 0 radical (unpaired) electrons. The van der Waals surface area contributed by atoms with Gasteiger partial charge in [0.05, 0.1) is 0 Å². The maximum absolute atomic E-state index is 11.7. The molecule has 1 aliphatic carbocycles. The second kappa shape index (κ2) is 5.00. The molecule has 0 atom stereocenters. The van der Waals surface area contributed by atoms with E-state index in [4.69, 9.17) is 0 Å². The van der Waals surface area contributed by atoms with Gasteiger partial charge in [-0.2, -0.15) is 0 Å². The Kier molecular flexibility index (Phi) is 3.94. The predicted octanol–water partition coefficient (Wildman–Crippen LogP) is 3.41. The Morgan fingerprint density at radius 2 is 2.23 bits per heavy atom. The van der Waals surface area contributed by atoms with Crippen molar-refractivity contribution in [1.29, 1.82) is 0 Å². The quantitative estimate of drug-likeness (QED) is 0.562. The average Bonchev–Trinajstić information content (AvgIpc) is 2.11. The van der Waals surface area contributed by atoms with Crippen molar-refractivity contribution in [2.24, 2.45) is 0 Å². The molecule has 13 heavy (non-hydrogen) atoms. The standard InChI is InChI=1S/C12H18O/c1-3-10(2)11-8-6-4-5-7-9-12(11)13/h6,8H,3-5,7,9H2,1-2H3/b8-6-,11-10-. The summed E-state index contributed by atoms with van der Waals surface area (Å²) in [4.78, 5) is 11.7. The fourth-order valence-electron chi connectivity index (χ4n) is 1.55. The van der Waals surface area contributed by atoms with Crippen molar-refractivity contribution in [2.45, 2.75) is 46.0 Å². The van der Waals surface area contributed by atoms with E-state index in [2.05, 4.69) is 19.9 Å². The minimum Gasteiger partial charge on any atom is -0.294 e. The Balaban J connectivity index is 2.89. The molecule has 0 unspecified atom stereocenters. The first-order valence-corrected chi connectivity index (χ1v) is 5.15. The summed E-state index contributed by atoms with van der Waals surface area (Å²) in [6.45, 7) is 4.15. The fraction of sp³-hybridized carbons (Fsp3) is 0.583. The molecule has 0 saturated heterocycles. The Morgan fingerprint density at radius 3 is 2.92 bits per heavy atom. The molecule has 0 amide bonds. The Labute approximate surface area is 80.5 Å². The Bertz CT molecular complexity index is 246. The maximum atomic E-state index is 11.7. The van der Waals surface area contributed by atoms with Crippen LogP contribution in [0.15, 0.2) is 23.3 Å². The van der Waals surface area contributed by atoms with E-state index < -0.39 is 0 Å². The van der Waals surface area contributed by atoms with Gasteiger partial charge in [-0.1, -0.05) is 24.6 Å². The molecule has 0 aromatic rings. The summed E-state index contributed by atoms with van der Waals surface area (Å²) < 4.78 is 0. The van der Waals surface area contributed by atoms with E-state index in [1.165, 1.54) is 5.57 Å². The van der Waals surface area contributed by atoms with Gasteiger partial charge in [-0.3, -0.25) is 4.79 Å². The van der Waals surface area contributed by atoms with Crippen LogP contribution in [0.1, 0.15) is 46.0 Å². The SMILES string of the molecule is CC/C(C)=C1/C=C\CCCCC1=O. The van der Waals surface area contributed by atoms with Crippen LogP contribution in [-0.2, 0) is 4.79 Å².